The summed E-state index contributed by atoms with van der Waals surface area (Å²) in [5, 5.41) is 7.49. The summed E-state index contributed by atoms with van der Waals surface area (Å²) >= 11 is 12.5. The molecule has 37 heavy (non-hydrogen) atoms. The Kier molecular flexibility index (Phi) is 6.88. The Labute approximate surface area is 221 Å². The lowest BCUT2D eigenvalue weighted by Gasteiger charge is -2.33. The quantitative estimate of drug-likeness (QED) is 0.280. The molecular formula is C27H21Cl2F3N4O. The van der Waals surface area contributed by atoms with E-state index < -0.39 is 24.2 Å². The Morgan fingerprint density at radius 1 is 0.973 bits per heavy atom. The van der Waals surface area contributed by atoms with Crippen molar-refractivity contribution in [3.8, 4) is 0 Å². The minimum atomic E-state index is -4.61. The maximum absolute atomic E-state index is 14.2. The van der Waals surface area contributed by atoms with Crippen LogP contribution in [-0.4, -0.2) is 21.9 Å². The number of carbonyl (C=O) groups is 1. The number of hydrogen-bond donors (Lipinski definition) is 1. The summed E-state index contributed by atoms with van der Waals surface area (Å²) in [6, 6.07) is 22.0. The Hall–Kier alpha value is -3.49. The highest BCUT2D eigenvalue weighted by atomic mass is 35.5. The van der Waals surface area contributed by atoms with Crippen LogP contribution in [0.15, 0.2) is 84.9 Å². The van der Waals surface area contributed by atoms with Crippen molar-refractivity contribution < 1.29 is 18.0 Å². The van der Waals surface area contributed by atoms with Crippen molar-refractivity contribution in [2.75, 3.05) is 10.2 Å². The molecule has 2 heterocycles. The number of carbonyl (C=O) groups excluding carboxylic acids is 1. The summed E-state index contributed by atoms with van der Waals surface area (Å²) < 4.78 is 43.3. The number of fused-ring (bicyclic) bond motifs is 1. The molecule has 3 aromatic carbocycles. The number of alkyl halides is 3. The SMILES string of the molecule is O=C(c1nn2c(c1Cl)N[C@@H](c1ccc(Cl)cc1)C[C@@H]2C(F)(F)F)N(Cc1ccccc1)c1ccccc1. The molecule has 190 valence electrons. The van der Waals surface area contributed by atoms with E-state index in [1.807, 2.05) is 36.4 Å². The zero-order chi connectivity index (χ0) is 26.2. The zero-order valence-electron chi connectivity index (χ0n) is 19.3. The van der Waals surface area contributed by atoms with Gasteiger partial charge in [-0.2, -0.15) is 18.3 Å². The van der Waals surface area contributed by atoms with Gasteiger partial charge in [0.25, 0.3) is 5.91 Å². The van der Waals surface area contributed by atoms with Gasteiger partial charge in [0.05, 0.1) is 12.6 Å². The molecule has 1 N–H and O–H groups in total. The number of rotatable bonds is 5. The molecule has 10 heteroatoms. The van der Waals surface area contributed by atoms with Gasteiger partial charge in [0.1, 0.15) is 10.8 Å². The van der Waals surface area contributed by atoms with E-state index in [1.165, 1.54) is 4.90 Å². The molecule has 0 spiro atoms. The van der Waals surface area contributed by atoms with E-state index in [-0.39, 0.29) is 29.5 Å². The maximum atomic E-state index is 14.2. The molecule has 0 saturated heterocycles. The maximum Gasteiger partial charge on any atom is 0.410 e. The number of benzene rings is 3. The summed E-state index contributed by atoms with van der Waals surface area (Å²) in [5.41, 5.74) is 1.77. The van der Waals surface area contributed by atoms with Crippen molar-refractivity contribution in [3.63, 3.8) is 0 Å². The zero-order valence-corrected chi connectivity index (χ0v) is 20.8. The standard InChI is InChI=1S/C27H21Cl2F3N4O/c28-19-13-11-18(12-14-19)21-15-22(27(30,31)32)36-25(33-21)23(29)24(34-36)26(37)35(20-9-5-2-6-10-20)16-17-7-3-1-4-8-17/h1-14,21-22,33H,15-16H2/t21-,22-/m1/s1. The third kappa shape index (κ3) is 5.17. The second-order valence-electron chi connectivity index (χ2n) is 8.71. The van der Waals surface area contributed by atoms with Crippen LogP contribution in [0.1, 0.15) is 40.1 Å². The first-order chi connectivity index (χ1) is 17.7. The fraction of sp³-hybridized carbons (Fsp3) is 0.185. The highest BCUT2D eigenvalue weighted by molar-refractivity contribution is 6.36. The van der Waals surface area contributed by atoms with Gasteiger partial charge in [-0.1, -0.05) is 83.9 Å². The number of nitrogens with zero attached hydrogens (tertiary/aromatic N) is 3. The molecule has 1 amide bonds. The van der Waals surface area contributed by atoms with Gasteiger partial charge in [-0.05, 0) is 35.4 Å². The lowest BCUT2D eigenvalue weighted by atomic mass is 9.97. The third-order valence-corrected chi connectivity index (χ3v) is 6.88. The Balaban J connectivity index is 1.55. The fourth-order valence-electron chi connectivity index (χ4n) is 4.42. The molecule has 2 atom stereocenters. The smallest absolute Gasteiger partial charge is 0.362 e. The average Bonchev–Trinajstić information content (AvgIpc) is 3.23. The average molecular weight is 545 g/mol. The highest BCUT2D eigenvalue weighted by Gasteiger charge is 2.48. The van der Waals surface area contributed by atoms with E-state index in [4.69, 9.17) is 23.2 Å². The number of nitrogens with one attached hydrogen (secondary N) is 1. The lowest BCUT2D eigenvalue weighted by molar-refractivity contribution is -0.173. The van der Waals surface area contributed by atoms with E-state index >= 15 is 0 Å². The molecule has 0 radical (unpaired) electrons. The summed E-state index contributed by atoms with van der Waals surface area (Å²) in [5.74, 6) is -0.654. The molecule has 5 rings (SSSR count). The summed E-state index contributed by atoms with van der Waals surface area (Å²) in [4.78, 5) is 15.2. The number of aromatic nitrogens is 2. The minimum Gasteiger partial charge on any atom is -0.362 e. The molecule has 5 nitrogen and oxygen atoms in total. The molecule has 0 aliphatic carbocycles. The van der Waals surface area contributed by atoms with E-state index in [9.17, 15) is 18.0 Å². The topological polar surface area (TPSA) is 50.2 Å². The van der Waals surface area contributed by atoms with Crippen molar-refractivity contribution >= 4 is 40.6 Å². The first-order valence-electron chi connectivity index (χ1n) is 11.5. The molecule has 0 bridgehead atoms. The van der Waals surface area contributed by atoms with Crippen LogP contribution in [0.25, 0.3) is 0 Å². The number of halogens is 5. The first kappa shape index (κ1) is 25.2. The Morgan fingerprint density at radius 2 is 1.59 bits per heavy atom. The normalized spacial score (nSPS) is 17.1. The fourth-order valence-corrected chi connectivity index (χ4v) is 4.81. The summed E-state index contributed by atoms with van der Waals surface area (Å²) in [6.45, 7) is 0.186. The molecule has 4 aromatic rings. The van der Waals surface area contributed by atoms with Crippen LogP contribution in [0.5, 0.6) is 0 Å². The van der Waals surface area contributed by atoms with Crippen LogP contribution in [0.3, 0.4) is 0 Å². The molecule has 0 saturated carbocycles. The molecule has 0 fully saturated rings. The first-order valence-corrected chi connectivity index (χ1v) is 12.3. The second kappa shape index (κ2) is 10.1. The summed E-state index contributed by atoms with van der Waals surface area (Å²) in [6.07, 6.45) is -4.93. The third-order valence-electron chi connectivity index (χ3n) is 6.27. The number of hydrogen-bond acceptors (Lipinski definition) is 3. The van der Waals surface area contributed by atoms with Gasteiger partial charge in [-0.3, -0.25) is 4.79 Å². The van der Waals surface area contributed by atoms with E-state index in [1.54, 1.807) is 48.5 Å². The molecule has 0 unspecified atom stereocenters. The van der Waals surface area contributed by atoms with Crippen molar-refractivity contribution in [2.45, 2.75) is 31.2 Å². The van der Waals surface area contributed by atoms with Crippen LogP contribution in [0, 0.1) is 0 Å². The van der Waals surface area contributed by atoms with E-state index in [0.29, 0.717) is 16.3 Å². The van der Waals surface area contributed by atoms with Crippen molar-refractivity contribution in [2.24, 2.45) is 0 Å². The number of anilines is 2. The van der Waals surface area contributed by atoms with E-state index in [0.717, 1.165) is 10.2 Å². The van der Waals surface area contributed by atoms with Crippen LogP contribution in [0.2, 0.25) is 10.0 Å². The van der Waals surface area contributed by atoms with Crippen molar-refractivity contribution in [1.29, 1.82) is 0 Å². The molecular weight excluding hydrogens is 524 g/mol. The molecule has 1 aliphatic heterocycles. The number of amides is 1. The number of para-hydroxylation sites is 1. The van der Waals surface area contributed by atoms with Gasteiger partial charge in [0, 0.05) is 17.1 Å². The van der Waals surface area contributed by atoms with Gasteiger partial charge >= 0.3 is 6.18 Å². The van der Waals surface area contributed by atoms with Crippen LogP contribution >= 0.6 is 23.2 Å². The van der Waals surface area contributed by atoms with Gasteiger partial charge in [-0.25, -0.2) is 4.68 Å². The highest BCUT2D eigenvalue weighted by Crippen LogP contribution is 2.46. The monoisotopic (exact) mass is 544 g/mol. The van der Waals surface area contributed by atoms with Crippen molar-refractivity contribution in [3.05, 3.63) is 112 Å². The predicted octanol–water partition coefficient (Wildman–Crippen LogP) is 7.70. The second-order valence-corrected chi connectivity index (χ2v) is 9.52. The predicted molar refractivity (Wildman–Crippen MR) is 138 cm³/mol. The van der Waals surface area contributed by atoms with Gasteiger partial charge in [0.2, 0.25) is 0 Å². The Morgan fingerprint density at radius 3 is 2.22 bits per heavy atom. The minimum absolute atomic E-state index is 0.0498. The lowest BCUT2D eigenvalue weighted by Crippen LogP contribution is -2.36. The Bertz CT molecular complexity index is 1390. The van der Waals surface area contributed by atoms with Gasteiger partial charge in [-0.15, -0.1) is 0 Å². The van der Waals surface area contributed by atoms with Crippen LogP contribution in [-0.2, 0) is 6.54 Å². The van der Waals surface area contributed by atoms with Crippen molar-refractivity contribution in [1.82, 2.24) is 9.78 Å². The van der Waals surface area contributed by atoms with E-state index in [2.05, 4.69) is 10.4 Å². The summed E-state index contributed by atoms with van der Waals surface area (Å²) in [7, 11) is 0. The van der Waals surface area contributed by atoms with Crippen LogP contribution in [0.4, 0.5) is 24.7 Å². The largest absolute Gasteiger partial charge is 0.410 e. The van der Waals surface area contributed by atoms with Crippen LogP contribution < -0.4 is 10.2 Å². The van der Waals surface area contributed by atoms with Gasteiger partial charge in [0.15, 0.2) is 11.7 Å². The van der Waals surface area contributed by atoms with Gasteiger partial charge < -0.3 is 10.2 Å². The molecule has 1 aromatic heterocycles. The molecule has 1 aliphatic rings.